The fraction of sp³-hybridized carbons (Fsp3) is 0.125. The van der Waals surface area contributed by atoms with Gasteiger partial charge in [0.2, 0.25) is 6.10 Å². The number of anilines is 1. The van der Waals surface area contributed by atoms with E-state index in [1.165, 1.54) is 4.85 Å². The molecule has 8 heteroatoms. The van der Waals surface area contributed by atoms with Crippen LogP contribution >= 0.6 is 11.6 Å². The molecular weight excluding hydrogens is 330 g/mol. The van der Waals surface area contributed by atoms with E-state index in [1.807, 2.05) is 6.07 Å². The van der Waals surface area contributed by atoms with Gasteiger partial charge in [-0.25, -0.2) is 0 Å². The average Bonchev–Trinajstić information content (AvgIpc) is 2.97. The van der Waals surface area contributed by atoms with Crippen molar-refractivity contribution in [3.05, 3.63) is 53.1 Å². The summed E-state index contributed by atoms with van der Waals surface area (Å²) < 4.78 is 0. The summed E-state index contributed by atoms with van der Waals surface area (Å²) in [7, 11) is 0. The number of nitriles is 1. The molecule has 2 aromatic carbocycles. The summed E-state index contributed by atoms with van der Waals surface area (Å²) in [6, 6.07) is 13.6. The second kappa shape index (κ2) is 6.56. The summed E-state index contributed by atoms with van der Waals surface area (Å²) in [6.07, 6.45) is -0.815. The second-order valence-corrected chi connectivity index (χ2v) is 5.46. The van der Waals surface area contributed by atoms with Gasteiger partial charge in [-0.05, 0) is 54.6 Å². The van der Waals surface area contributed by atoms with Gasteiger partial charge in [-0.3, -0.25) is 4.79 Å². The third-order valence-corrected chi connectivity index (χ3v) is 3.52. The number of amides is 1. The van der Waals surface area contributed by atoms with Gasteiger partial charge in [-0.15, -0.1) is 5.10 Å². The third-order valence-electron chi connectivity index (χ3n) is 3.29. The molecule has 7 nitrogen and oxygen atoms in total. The van der Waals surface area contributed by atoms with Gasteiger partial charge >= 0.3 is 0 Å². The molecule has 1 atom stereocenters. The minimum absolute atomic E-state index is 0.356. The molecule has 24 heavy (non-hydrogen) atoms. The van der Waals surface area contributed by atoms with Gasteiger partial charge in [0.15, 0.2) is 0 Å². The molecular formula is C16H12ClN5O2. The Labute approximate surface area is 142 Å². The summed E-state index contributed by atoms with van der Waals surface area (Å²) in [4.78, 5) is 18.9. The predicted octanol–water partition coefficient (Wildman–Crippen LogP) is 2.41. The lowest BCUT2D eigenvalue weighted by Crippen LogP contribution is -2.35. The number of benzene rings is 2. The first-order valence-electron chi connectivity index (χ1n) is 7.06. The summed E-state index contributed by atoms with van der Waals surface area (Å²) in [5.41, 5.74) is 2.27. The van der Waals surface area contributed by atoms with E-state index < -0.39 is 6.10 Å². The van der Waals surface area contributed by atoms with Gasteiger partial charge in [0, 0.05) is 10.7 Å². The van der Waals surface area contributed by atoms with E-state index in [1.54, 1.807) is 49.4 Å². The van der Waals surface area contributed by atoms with Crippen LogP contribution in [0.3, 0.4) is 0 Å². The lowest BCUT2D eigenvalue weighted by molar-refractivity contribution is -0.127. The maximum Gasteiger partial charge on any atom is 0.267 e. The molecule has 120 valence electrons. The Balaban J connectivity index is 1.71. The molecule has 0 aliphatic rings. The molecule has 0 fully saturated rings. The molecule has 0 aliphatic heterocycles. The molecule has 0 saturated heterocycles. The number of halogens is 1. The molecule has 0 bridgehead atoms. The van der Waals surface area contributed by atoms with Crippen molar-refractivity contribution in [3.63, 3.8) is 0 Å². The van der Waals surface area contributed by atoms with Gasteiger partial charge in [-0.1, -0.05) is 16.4 Å². The predicted molar refractivity (Wildman–Crippen MR) is 88.4 cm³/mol. The van der Waals surface area contributed by atoms with Crippen LogP contribution in [-0.2, 0) is 4.79 Å². The number of carbonyl (C=O) groups is 1. The SMILES string of the molecule is C[C@@H](On1nnc2ccc(Cl)cc21)C(=O)Nc1ccc(C#N)cc1. The molecule has 0 unspecified atom stereocenters. The molecule has 3 aromatic rings. The third kappa shape index (κ3) is 3.29. The van der Waals surface area contributed by atoms with Gasteiger partial charge < -0.3 is 10.2 Å². The molecule has 1 amide bonds. The topological polar surface area (TPSA) is 92.8 Å². The Morgan fingerprint density at radius 3 is 2.79 bits per heavy atom. The van der Waals surface area contributed by atoms with Crippen LogP contribution in [0.4, 0.5) is 5.69 Å². The lowest BCUT2D eigenvalue weighted by Gasteiger charge is -2.13. The number of carbonyl (C=O) groups excluding carboxylic acids is 1. The Morgan fingerprint density at radius 1 is 1.33 bits per heavy atom. The number of fused-ring (bicyclic) bond motifs is 1. The van der Waals surface area contributed by atoms with Crippen LogP contribution in [0.2, 0.25) is 5.02 Å². The minimum Gasteiger partial charge on any atom is -0.382 e. The quantitative estimate of drug-likeness (QED) is 0.786. The van der Waals surface area contributed by atoms with E-state index in [-0.39, 0.29) is 5.91 Å². The molecule has 0 spiro atoms. The number of hydrogen-bond acceptors (Lipinski definition) is 5. The van der Waals surface area contributed by atoms with Gasteiger partial charge in [0.05, 0.1) is 11.6 Å². The summed E-state index contributed by atoms with van der Waals surface area (Å²) in [6.45, 7) is 1.59. The van der Waals surface area contributed by atoms with Crippen molar-refractivity contribution in [3.8, 4) is 6.07 Å². The fourth-order valence-electron chi connectivity index (χ4n) is 2.02. The van der Waals surface area contributed by atoms with E-state index in [2.05, 4.69) is 15.6 Å². The van der Waals surface area contributed by atoms with E-state index in [4.69, 9.17) is 21.7 Å². The van der Waals surface area contributed by atoms with Crippen LogP contribution in [0.1, 0.15) is 12.5 Å². The molecule has 0 saturated carbocycles. The summed E-state index contributed by atoms with van der Waals surface area (Å²) >= 11 is 5.95. The number of rotatable bonds is 4. The van der Waals surface area contributed by atoms with E-state index >= 15 is 0 Å². The van der Waals surface area contributed by atoms with Gasteiger partial charge in [0.1, 0.15) is 11.0 Å². The Morgan fingerprint density at radius 2 is 2.08 bits per heavy atom. The molecule has 0 aliphatic carbocycles. The molecule has 1 N–H and O–H groups in total. The van der Waals surface area contributed by atoms with Gasteiger partial charge in [-0.2, -0.15) is 5.26 Å². The van der Waals surface area contributed by atoms with Crippen molar-refractivity contribution in [2.45, 2.75) is 13.0 Å². The first kappa shape index (κ1) is 15.8. The lowest BCUT2D eigenvalue weighted by atomic mass is 10.2. The number of nitrogens with zero attached hydrogens (tertiary/aromatic N) is 4. The highest BCUT2D eigenvalue weighted by Crippen LogP contribution is 2.16. The Hall–Kier alpha value is -3.11. The zero-order valence-corrected chi connectivity index (χ0v) is 13.4. The highest BCUT2D eigenvalue weighted by Gasteiger charge is 2.17. The van der Waals surface area contributed by atoms with Crippen LogP contribution < -0.4 is 10.2 Å². The Bertz CT molecular complexity index is 930. The zero-order valence-electron chi connectivity index (χ0n) is 12.6. The first-order chi connectivity index (χ1) is 11.6. The number of nitrogens with one attached hydrogen (secondary N) is 1. The smallest absolute Gasteiger partial charge is 0.267 e. The van der Waals surface area contributed by atoms with Crippen molar-refractivity contribution in [1.82, 2.24) is 15.2 Å². The van der Waals surface area contributed by atoms with Crippen LogP contribution in [0, 0.1) is 11.3 Å². The highest BCUT2D eigenvalue weighted by molar-refractivity contribution is 6.31. The average molecular weight is 342 g/mol. The van der Waals surface area contributed by atoms with Crippen molar-refractivity contribution in [2.75, 3.05) is 5.32 Å². The van der Waals surface area contributed by atoms with Crippen molar-refractivity contribution < 1.29 is 9.63 Å². The first-order valence-corrected chi connectivity index (χ1v) is 7.44. The van der Waals surface area contributed by atoms with Crippen molar-refractivity contribution in [1.29, 1.82) is 5.26 Å². The van der Waals surface area contributed by atoms with Crippen molar-refractivity contribution >= 4 is 34.2 Å². The van der Waals surface area contributed by atoms with Crippen LogP contribution in [-0.4, -0.2) is 27.2 Å². The maximum absolute atomic E-state index is 12.2. The molecule has 1 aromatic heterocycles. The van der Waals surface area contributed by atoms with Gasteiger partial charge in [0.25, 0.3) is 5.91 Å². The normalized spacial score (nSPS) is 11.7. The van der Waals surface area contributed by atoms with Crippen LogP contribution in [0.25, 0.3) is 11.0 Å². The number of aromatic nitrogens is 3. The Kier molecular flexibility index (Phi) is 4.31. The maximum atomic E-state index is 12.2. The standard InChI is InChI=1S/C16H12ClN5O2/c1-10(16(23)19-13-5-2-11(9-18)3-6-13)24-22-15-8-12(17)4-7-14(15)20-21-22/h2-8,10H,1H3,(H,19,23)/t10-/m1/s1. The van der Waals surface area contributed by atoms with Crippen LogP contribution in [0.5, 0.6) is 0 Å². The number of hydrogen-bond donors (Lipinski definition) is 1. The second-order valence-electron chi connectivity index (χ2n) is 5.02. The molecule has 1 heterocycles. The zero-order chi connectivity index (χ0) is 17.1. The summed E-state index contributed by atoms with van der Waals surface area (Å²) in [5, 5.41) is 19.8. The van der Waals surface area contributed by atoms with E-state index in [0.29, 0.717) is 27.3 Å². The fourth-order valence-corrected chi connectivity index (χ4v) is 2.19. The van der Waals surface area contributed by atoms with E-state index in [0.717, 1.165) is 0 Å². The molecule has 3 rings (SSSR count). The minimum atomic E-state index is -0.815. The van der Waals surface area contributed by atoms with Crippen molar-refractivity contribution in [2.24, 2.45) is 0 Å². The largest absolute Gasteiger partial charge is 0.382 e. The molecule has 0 radical (unpaired) electrons. The highest BCUT2D eigenvalue weighted by atomic mass is 35.5. The van der Waals surface area contributed by atoms with E-state index in [9.17, 15) is 4.79 Å². The monoisotopic (exact) mass is 341 g/mol. The summed E-state index contributed by atoms with van der Waals surface area (Å²) in [5.74, 6) is -0.356. The van der Waals surface area contributed by atoms with Crippen LogP contribution in [0.15, 0.2) is 42.5 Å².